The topological polar surface area (TPSA) is 58.6 Å². The van der Waals surface area contributed by atoms with Crippen LogP contribution in [0.4, 0.5) is 4.79 Å². The number of piperidine rings is 1. The van der Waals surface area contributed by atoms with Crippen molar-refractivity contribution in [2.45, 2.75) is 40.5 Å². The van der Waals surface area contributed by atoms with Crippen molar-refractivity contribution in [1.82, 2.24) is 10.2 Å². The van der Waals surface area contributed by atoms with Gasteiger partial charge >= 0.3 is 12.0 Å². The van der Waals surface area contributed by atoms with Gasteiger partial charge in [-0.05, 0) is 32.6 Å². The van der Waals surface area contributed by atoms with Crippen LogP contribution in [0.15, 0.2) is 11.8 Å². The first kappa shape index (κ1) is 16.5. The smallest absolute Gasteiger partial charge is 0.321 e. The molecule has 1 fully saturated rings. The molecule has 0 aromatic heterocycles. The molecule has 0 saturated carbocycles. The third-order valence-corrected chi connectivity index (χ3v) is 3.74. The highest BCUT2D eigenvalue weighted by molar-refractivity contribution is 5.76. The zero-order chi connectivity index (χ0) is 15.1. The molecule has 0 atom stereocenters. The van der Waals surface area contributed by atoms with Crippen LogP contribution in [0.5, 0.6) is 0 Å². The lowest BCUT2D eigenvalue weighted by Crippen LogP contribution is -2.44. The Morgan fingerprint density at radius 2 is 1.95 bits per heavy atom. The number of esters is 1. The molecule has 114 valence electrons. The average molecular weight is 282 g/mol. The molecular weight excluding hydrogens is 256 g/mol. The fourth-order valence-corrected chi connectivity index (χ4v) is 2.01. The first-order valence-corrected chi connectivity index (χ1v) is 7.34. The van der Waals surface area contributed by atoms with Gasteiger partial charge in [0.05, 0.1) is 12.5 Å². The highest BCUT2D eigenvalue weighted by Crippen LogP contribution is 2.18. The summed E-state index contributed by atoms with van der Waals surface area (Å²) in [4.78, 5) is 25.3. The predicted octanol–water partition coefficient (Wildman–Crippen LogP) is 2.53. The number of nitrogens with one attached hydrogen (secondary N) is 1. The second-order valence-electron chi connectivity index (χ2n) is 5.51. The van der Waals surface area contributed by atoms with Gasteiger partial charge in [-0.2, -0.15) is 0 Å². The molecule has 5 nitrogen and oxygen atoms in total. The van der Waals surface area contributed by atoms with Crippen molar-refractivity contribution in [2.24, 2.45) is 11.8 Å². The Bertz CT molecular complexity index is 369. The molecule has 1 aliphatic heterocycles. The fourth-order valence-electron chi connectivity index (χ4n) is 2.01. The zero-order valence-electron chi connectivity index (χ0n) is 12.9. The summed E-state index contributed by atoms with van der Waals surface area (Å²) in [5.41, 5.74) is 1.14. The molecule has 0 unspecified atom stereocenters. The van der Waals surface area contributed by atoms with E-state index in [1.165, 1.54) is 0 Å². The number of hydrogen-bond acceptors (Lipinski definition) is 3. The second kappa shape index (κ2) is 7.92. The normalized spacial score (nSPS) is 17.2. The van der Waals surface area contributed by atoms with Crippen LogP contribution in [0.2, 0.25) is 0 Å². The van der Waals surface area contributed by atoms with E-state index in [2.05, 4.69) is 19.2 Å². The molecule has 0 aliphatic carbocycles. The Morgan fingerprint density at radius 3 is 2.45 bits per heavy atom. The number of allylic oxidation sites excluding steroid dienone is 1. The molecule has 1 aliphatic rings. The van der Waals surface area contributed by atoms with Crippen LogP contribution >= 0.6 is 0 Å². The van der Waals surface area contributed by atoms with Gasteiger partial charge in [0, 0.05) is 19.3 Å². The van der Waals surface area contributed by atoms with Gasteiger partial charge in [0.25, 0.3) is 0 Å². The zero-order valence-corrected chi connectivity index (χ0v) is 12.9. The van der Waals surface area contributed by atoms with Crippen LogP contribution in [-0.4, -0.2) is 36.6 Å². The number of hydrogen-bond donors (Lipinski definition) is 1. The Labute approximate surface area is 121 Å². The van der Waals surface area contributed by atoms with E-state index in [0.717, 1.165) is 5.57 Å². The molecule has 0 aromatic carbocycles. The summed E-state index contributed by atoms with van der Waals surface area (Å²) < 4.78 is 5.01. The lowest BCUT2D eigenvalue weighted by atomic mass is 9.97. The SMILES string of the molecule is CCOC(=O)C1CCN(C(=O)N/C=C(\C)C(C)C)CC1. The van der Waals surface area contributed by atoms with Gasteiger partial charge in [0.15, 0.2) is 0 Å². The summed E-state index contributed by atoms with van der Waals surface area (Å²) in [6.45, 7) is 9.60. The van der Waals surface area contributed by atoms with Crippen molar-refractivity contribution in [1.29, 1.82) is 0 Å². The average Bonchev–Trinajstić information content (AvgIpc) is 2.44. The number of urea groups is 1. The van der Waals surface area contributed by atoms with Crippen molar-refractivity contribution in [3.05, 3.63) is 11.8 Å². The molecule has 1 rings (SSSR count). The number of carbonyl (C=O) groups is 2. The minimum absolute atomic E-state index is 0.0630. The van der Waals surface area contributed by atoms with Crippen LogP contribution in [0.1, 0.15) is 40.5 Å². The van der Waals surface area contributed by atoms with Gasteiger partial charge in [0.2, 0.25) is 0 Å². The van der Waals surface area contributed by atoms with Crippen molar-refractivity contribution in [3.8, 4) is 0 Å². The van der Waals surface area contributed by atoms with E-state index < -0.39 is 0 Å². The lowest BCUT2D eigenvalue weighted by Gasteiger charge is -2.30. The first-order chi connectivity index (χ1) is 9.45. The Morgan fingerprint density at radius 1 is 1.35 bits per heavy atom. The van der Waals surface area contributed by atoms with E-state index >= 15 is 0 Å². The summed E-state index contributed by atoms with van der Waals surface area (Å²) in [7, 11) is 0. The maximum atomic E-state index is 12.0. The molecular formula is C15H26N2O3. The second-order valence-corrected chi connectivity index (χ2v) is 5.51. The molecule has 0 aromatic rings. The van der Waals surface area contributed by atoms with Gasteiger partial charge in [-0.25, -0.2) is 4.79 Å². The van der Waals surface area contributed by atoms with E-state index in [0.29, 0.717) is 38.5 Å². The maximum Gasteiger partial charge on any atom is 0.321 e. The Balaban J connectivity index is 2.39. The Kier molecular flexibility index (Phi) is 6.55. The van der Waals surface area contributed by atoms with Crippen LogP contribution in [0, 0.1) is 11.8 Å². The van der Waals surface area contributed by atoms with Crippen LogP contribution in [0.3, 0.4) is 0 Å². The highest BCUT2D eigenvalue weighted by Gasteiger charge is 2.27. The third-order valence-electron chi connectivity index (χ3n) is 3.74. The van der Waals surface area contributed by atoms with Crippen molar-refractivity contribution in [2.75, 3.05) is 19.7 Å². The van der Waals surface area contributed by atoms with E-state index in [1.807, 2.05) is 13.8 Å². The predicted molar refractivity (Wildman–Crippen MR) is 78.1 cm³/mol. The third kappa shape index (κ3) is 4.87. The molecule has 1 saturated heterocycles. The fraction of sp³-hybridized carbons (Fsp3) is 0.733. The summed E-state index contributed by atoms with van der Waals surface area (Å²) in [5, 5.41) is 2.81. The number of carbonyl (C=O) groups excluding carboxylic acids is 2. The number of amides is 2. The quantitative estimate of drug-likeness (QED) is 0.806. The van der Waals surface area contributed by atoms with Gasteiger partial charge in [-0.15, -0.1) is 0 Å². The highest BCUT2D eigenvalue weighted by atomic mass is 16.5. The van der Waals surface area contributed by atoms with Gasteiger partial charge in [0.1, 0.15) is 0 Å². The summed E-state index contributed by atoms with van der Waals surface area (Å²) in [6, 6.07) is -0.0905. The molecule has 20 heavy (non-hydrogen) atoms. The van der Waals surface area contributed by atoms with Crippen LogP contribution in [-0.2, 0) is 9.53 Å². The molecule has 5 heteroatoms. The number of nitrogens with zero attached hydrogens (tertiary/aromatic N) is 1. The summed E-state index contributed by atoms with van der Waals surface area (Å²) >= 11 is 0. The standard InChI is InChI=1S/C15H26N2O3/c1-5-20-14(18)13-6-8-17(9-7-13)15(19)16-10-12(4)11(2)3/h10-11,13H,5-9H2,1-4H3,(H,16,19)/b12-10+. The van der Waals surface area contributed by atoms with Crippen LogP contribution in [0.25, 0.3) is 0 Å². The monoisotopic (exact) mass is 282 g/mol. The lowest BCUT2D eigenvalue weighted by molar-refractivity contribution is -0.149. The van der Waals surface area contributed by atoms with E-state index in [1.54, 1.807) is 11.1 Å². The number of ether oxygens (including phenoxy) is 1. The first-order valence-electron chi connectivity index (χ1n) is 7.34. The molecule has 0 spiro atoms. The minimum Gasteiger partial charge on any atom is -0.466 e. The number of likely N-dealkylation sites (tertiary alicyclic amines) is 1. The van der Waals surface area contributed by atoms with E-state index in [4.69, 9.17) is 4.74 Å². The summed E-state index contributed by atoms with van der Waals surface area (Å²) in [6.07, 6.45) is 3.13. The van der Waals surface area contributed by atoms with E-state index in [9.17, 15) is 9.59 Å². The Hall–Kier alpha value is -1.52. The minimum atomic E-state index is -0.136. The number of rotatable bonds is 4. The molecule has 1 heterocycles. The van der Waals surface area contributed by atoms with Crippen LogP contribution < -0.4 is 5.32 Å². The van der Waals surface area contributed by atoms with Gasteiger partial charge in [-0.3, -0.25) is 4.79 Å². The molecule has 2 amide bonds. The largest absolute Gasteiger partial charge is 0.466 e. The summed E-state index contributed by atoms with van der Waals surface area (Å²) in [5.74, 6) is 0.222. The van der Waals surface area contributed by atoms with Crippen molar-refractivity contribution in [3.63, 3.8) is 0 Å². The molecule has 0 radical (unpaired) electrons. The van der Waals surface area contributed by atoms with Gasteiger partial charge in [-0.1, -0.05) is 19.4 Å². The maximum absolute atomic E-state index is 12.0. The molecule has 0 bridgehead atoms. The van der Waals surface area contributed by atoms with Gasteiger partial charge < -0.3 is 15.0 Å². The van der Waals surface area contributed by atoms with Crippen molar-refractivity contribution >= 4 is 12.0 Å². The van der Waals surface area contributed by atoms with E-state index in [-0.39, 0.29) is 17.9 Å². The van der Waals surface area contributed by atoms with Crippen molar-refractivity contribution < 1.29 is 14.3 Å². The molecule has 1 N–H and O–H groups in total.